The summed E-state index contributed by atoms with van der Waals surface area (Å²) in [5.41, 5.74) is 1.33. The Labute approximate surface area is 240 Å². The van der Waals surface area contributed by atoms with E-state index in [2.05, 4.69) is 16.0 Å². The number of piperidine rings is 2. The van der Waals surface area contributed by atoms with E-state index in [0.29, 0.717) is 56.2 Å². The maximum atomic E-state index is 13.1. The quantitative estimate of drug-likeness (QED) is 0.291. The molecule has 4 rings (SSSR count). The molecular formula is C31H40N4O6. The standard InChI is InChI=1S/C31H40N4O6/c36-28(13-8-22-14-16-32-17-15-22)35-18-4-7-25(20-35)31(40)34-27(19-29(37)38)33-30(39)24-9-11-26(12-10-24)41-21-23-5-2-1-3-6-23/h1-3,5-6,9-12,22,25,27,32H,4,7-8,13-21H2,(H,33,39)(H,34,40)(H,37,38)/t25-,27+/m1/s1. The number of ether oxygens (including phenoxy) is 1. The topological polar surface area (TPSA) is 137 Å². The lowest BCUT2D eigenvalue weighted by molar-refractivity contribution is -0.138. The molecule has 10 nitrogen and oxygen atoms in total. The molecule has 0 unspecified atom stereocenters. The minimum absolute atomic E-state index is 0.0626. The van der Waals surface area contributed by atoms with Crippen molar-refractivity contribution in [3.05, 3.63) is 65.7 Å². The number of nitrogens with one attached hydrogen (secondary N) is 3. The van der Waals surface area contributed by atoms with Crippen LogP contribution in [0.25, 0.3) is 0 Å². The molecule has 0 aromatic heterocycles. The first-order valence-electron chi connectivity index (χ1n) is 14.5. The Hall–Kier alpha value is -3.92. The van der Waals surface area contributed by atoms with Gasteiger partial charge in [-0.15, -0.1) is 0 Å². The number of rotatable bonds is 12. The van der Waals surface area contributed by atoms with Crippen molar-refractivity contribution in [2.75, 3.05) is 26.2 Å². The Kier molecular flexibility index (Phi) is 11.1. The highest BCUT2D eigenvalue weighted by Gasteiger charge is 2.30. The predicted octanol–water partition coefficient (Wildman–Crippen LogP) is 2.93. The highest BCUT2D eigenvalue weighted by atomic mass is 16.5. The molecule has 41 heavy (non-hydrogen) atoms. The second kappa shape index (κ2) is 15.2. The number of carboxylic acid groups (broad SMARTS) is 1. The SMILES string of the molecule is O=C(O)C[C@@H](NC(=O)c1ccc(OCc2ccccc2)cc1)NC(=O)[C@@H]1CCCN(C(=O)CCC2CCNCC2)C1. The number of carbonyl (C=O) groups excluding carboxylic acids is 3. The van der Waals surface area contributed by atoms with E-state index >= 15 is 0 Å². The van der Waals surface area contributed by atoms with Crippen LogP contribution in [0.15, 0.2) is 54.6 Å². The van der Waals surface area contributed by atoms with Crippen molar-refractivity contribution in [3.63, 3.8) is 0 Å². The molecule has 2 aliphatic heterocycles. The number of hydrogen-bond acceptors (Lipinski definition) is 6. The molecule has 2 aromatic carbocycles. The summed E-state index contributed by atoms with van der Waals surface area (Å²) in [5, 5.41) is 18.0. The van der Waals surface area contributed by atoms with Gasteiger partial charge in [-0.05, 0) is 80.9 Å². The van der Waals surface area contributed by atoms with Gasteiger partial charge in [-0.1, -0.05) is 30.3 Å². The minimum atomic E-state index is -1.15. The lowest BCUT2D eigenvalue weighted by atomic mass is 9.92. The van der Waals surface area contributed by atoms with Crippen LogP contribution in [0.3, 0.4) is 0 Å². The van der Waals surface area contributed by atoms with Gasteiger partial charge in [0.15, 0.2) is 0 Å². The molecule has 2 saturated heterocycles. The summed E-state index contributed by atoms with van der Waals surface area (Å²) in [5.74, 6) is -1.27. The third-order valence-corrected chi connectivity index (χ3v) is 7.74. The Morgan fingerprint density at radius 1 is 0.976 bits per heavy atom. The monoisotopic (exact) mass is 564 g/mol. The van der Waals surface area contributed by atoms with Gasteiger partial charge in [0, 0.05) is 25.1 Å². The highest BCUT2D eigenvalue weighted by Crippen LogP contribution is 2.22. The molecule has 0 saturated carbocycles. The predicted molar refractivity (Wildman–Crippen MR) is 153 cm³/mol. The van der Waals surface area contributed by atoms with E-state index in [1.807, 2.05) is 30.3 Å². The van der Waals surface area contributed by atoms with Gasteiger partial charge in [-0.3, -0.25) is 19.2 Å². The molecule has 2 aliphatic rings. The van der Waals surface area contributed by atoms with Crippen molar-refractivity contribution in [3.8, 4) is 5.75 Å². The Morgan fingerprint density at radius 2 is 1.71 bits per heavy atom. The molecule has 2 atom stereocenters. The van der Waals surface area contributed by atoms with Crippen LogP contribution in [-0.4, -0.2) is 66.0 Å². The third kappa shape index (κ3) is 9.60. The zero-order valence-electron chi connectivity index (χ0n) is 23.3. The number of carbonyl (C=O) groups is 4. The van der Waals surface area contributed by atoms with Gasteiger partial charge in [-0.2, -0.15) is 0 Å². The summed E-state index contributed by atoms with van der Waals surface area (Å²) in [6, 6.07) is 16.2. The maximum Gasteiger partial charge on any atom is 0.307 e. The molecule has 0 spiro atoms. The second-order valence-electron chi connectivity index (χ2n) is 10.8. The van der Waals surface area contributed by atoms with Crippen molar-refractivity contribution >= 4 is 23.7 Å². The van der Waals surface area contributed by atoms with Crippen LogP contribution in [-0.2, 0) is 21.0 Å². The normalized spacial score (nSPS) is 18.2. The molecule has 10 heteroatoms. The summed E-state index contributed by atoms with van der Waals surface area (Å²) in [6.07, 6.45) is 3.25. The van der Waals surface area contributed by atoms with E-state index < -0.39 is 30.4 Å². The number of nitrogens with zero attached hydrogens (tertiary/aromatic N) is 1. The second-order valence-corrected chi connectivity index (χ2v) is 10.8. The van der Waals surface area contributed by atoms with Gasteiger partial charge >= 0.3 is 5.97 Å². The van der Waals surface area contributed by atoms with Gasteiger partial charge in [0.1, 0.15) is 18.5 Å². The van der Waals surface area contributed by atoms with Crippen LogP contribution >= 0.6 is 0 Å². The fourth-order valence-electron chi connectivity index (χ4n) is 5.36. The van der Waals surface area contributed by atoms with Gasteiger partial charge in [0.25, 0.3) is 5.91 Å². The highest BCUT2D eigenvalue weighted by molar-refractivity contribution is 5.95. The molecule has 0 aliphatic carbocycles. The van der Waals surface area contributed by atoms with E-state index in [4.69, 9.17) is 4.74 Å². The molecule has 3 amide bonds. The third-order valence-electron chi connectivity index (χ3n) is 7.74. The number of likely N-dealkylation sites (tertiary alicyclic amines) is 1. The molecule has 0 bridgehead atoms. The summed E-state index contributed by atoms with van der Waals surface area (Å²) in [4.78, 5) is 52.1. The van der Waals surface area contributed by atoms with E-state index in [-0.39, 0.29) is 11.8 Å². The first-order valence-corrected chi connectivity index (χ1v) is 14.5. The van der Waals surface area contributed by atoms with Gasteiger partial charge in [0.2, 0.25) is 11.8 Å². The van der Waals surface area contributed by atoms with E-state index in [9.17, 15) is 24.3 Å². The van der Waals surface area contributed by atoms with Crippen LogP contribution < -0.4 is 20.7 Å². The van der Waals surface area contributed by atoms with Crippen molar-refractivity contribution in [1.29, 1.82) is 0 Å². The molecule has 4 N–H and O–H groups in total. The number of aliphatic carboxylic acids is 1. The number of benzene rings is 2. The molecule has 0 radical (unpaired) electrons. The number of amides is 3. The van der Waals surface area contributed by atoms with Crippen LogP contribution in [0.4, 0.5) is 0 Å². The van der Waals surface area contributed by atoms with Crippen LogP contribution in [0.1, 0.15) is 60.9 Å². The molecular weight excluding hydrogens is 524 g/mol. The van der Waals surface area contributed by atoms with E-state index in [1.165, 1.54) is 0 Å². The molecule has 2 fully saturated rings. The summed E-state index contributed by atoms with van der Waals surface area (Å²) in [7, 11) is 0. The fourth-order valence-corrected chi connectivity index (χ4v) is 5.36. The zero-order chi connectivity index (χ0) is 29.0. The van der Waals surface area contributed by atoms with Gasteiger partial charge < -0.3 is 30.7 Å². The summed E-state index contributed by atoms with van der Waals surface area (Å²) < 4.78 is 5.75. The Balaban J connectivity index is 1.27. The van der Waals surface area contributed by atoms with Crippen LogP contribution in [0, 0.1) is 11.8 Å². The smallest absolute Gasteiger partial charge is 0.307 e. The Bertz CT molecular complexity index is 1170. The average Bonchev–Trinajstić information content (AvgIpc) is 2.99. The minimum Gasteiger partial charge on any atom is -0.489 e. The van der Waals surface area contributed by atoms with E-state index in [1.54, 1.807) is 29.2 Å². The Morgan fingerprint density at radius 3 is 2.41 bits per heavy atom. The maximum absolute atomic E-state index is 13.1. The fraction of sp³-hybridized carbons (Fsp3) is 0.484. The van der Waals surface area contributed by atoms with Crippen molar-refractivity contribution in [1.82, 2.24) is 20.9 Å². The van der Waals surface area contributed by atoms with Crippen molar-refractivity contribution in [2.24, 2.45) is 11.8 Å². The largest absolute Gasteiger partial charge is 0.489 e. The average molecular weight is 565 g/mol. The number of carboxylic acids is 1. The first-order chi connectivity index (χ1) is 19.9. The van der Waals surface area contributed by atoms with Gasteiger partial charge in [-0.25, -0.2) is 0 Å². The molecule has 2 heterocycles. The summed E-state index contributed by atoms with van der Waals surface area (Å²) in [6.45, 7) is 3.30. The van der Waals surface area contributed by atoms with Crippen molar-refractivity contribution < 1.29 is 29.0 Å². The lowest BCUT2D eigenvalue weighted by Gasteiger charge is -2.33. The molecule has 2 aromatic rings. The number of hydrogen-bond donors (Lipinski definition) is 4. The first kappa shape index (κ1) is 30.0. The van der Waals surface area contributed by atoms with Crippen molar-refractivity contribution in [2.45, 2.75) is 57.7 Å². The lowest BCUT2D eigenvalue weighted by Crippen LogP contribution is -2.53. The van der Waals surface area contributed by atoms with Gasteiger partial charge in [0.05, 0.1) is 12.3 Å². The zero-order valence-corrected chi connectivity index (χ0v) is 23.3. The van der Waals surface area contributed by atoms with Crippen LogP contribution in [0.5, 0.6) is 5.75 Å². The summed E-state index contributed by atoms with van der Waals surface area (Å²) >= 11 is 0. The van der Waals surface area contributed by atoms with E-state index in [0.717, 1.165) is 37.9 Å². The molecule has 220 valence electrons. The van der Waals surface area contributed by atoms with Crippen LogP contribution in [0.2, 0.25) is 0 Å².